The second-order valence-electron chi connectivity index (χ2n) is 4.40. The number of aliphatic carboxylic acids is 1. The first-order chi connectivity index (χ1) is 7.66. The zero-order valence-electron chi connectivity index (χ0n) is 9.19. The number of carboxylic acids is 1. The Hall–Kier alpha value is -1.30. The van der Waals surface area contributed by atoms with Gasteiger partial charge in [-0.25, -0.2) is 9.80 Å². The second kappa shape index (κ2) is 4.69. The Labute approximate surface area is 94.2 Å². The molecular formula is C10H17N3O3. The van der Waals surface area contributed by atoms with Gasteiger partial charge in [-0.15, -0.1) is 0 Å². The zero-order valence-corrected chi connectivity index (χ0v) is 9.19. The van der Waals surface area contributed by atoms with Crippen LogP contribution in [0.15, 0.2) is 0 Å². The molecule has 0 aromatic rings. The van der Waals surface area contributed by atoms with Crippen molar-refractivity contribution in [3.05, 3.63) is 0 Å². The minimum atomic E-state index is -0.818. The van der Waals surface area contributed by atoms with Crippen LogP contribution >= 0.6 is 0 Å². The molecule has 90 valence electrons. The van der Waals surface area contributed by atoms with Crippen LogP contribution in [0, 0.1) is 5.92 Å². The Morgan fingerprint density at radius 2 is 1.75 bits per heavy atom. The number of nitrogens with one attached hydrogen (secondary N) is 1. The summed E-state index contributed by atoms with van der Waals surface area (Å²) in [5, 5.41) is 10.6. The standard InChI is InChI=1S/C10H17N3O3/c14-9(15)8-6-12(7-8)10(16)11-13-4-2-1-3-5-13/h8H,1-7H2,(H,11,16)(H,14,15). The van der Waals surface area contributed by atoms with Crippen LogP contribution < -0.4 is 5.43 Å². The molecule has 0 saturated carbocycles. The molecule has 0 radical (unpaired) electrons. The number of rotatable bonds is 2. The number of amides is 2. The number of urea groups is 1. The van der Waals surface area contributed by atoms with Crippen LogP contribution in [0.2, 0.25) is 0 Å². The average Bonchev–Trinajstić information content (AvgIpc) is 2.15. The van der Waals surface area contributed by atoms with E-state index in [2.05, 4.69) is 5.43 Å². The minimum Gasteiger partial charge on any atom is -0.481 e. The van der Waals surface area contributed by atoms with Gasteiger partial charge in [-0.2, -0.15) is 0 Å². The van der Waals surface area contributed by atoms with E-state index in [1.165, 1.54) is 11.3 Å². The van der Waals surface area contributed by atoms with Crippen LogP contribution in [0.1, 0.15) is 19.3 Å². The summed E-state index contributed by atoms with van der Waals surface area (Å²) in [5.74, 6) is -1.20. The molecule has 0 aromatic carbocycles. The van der Waals surface area contributed by atoms with Gasteiger partial charge in [-0.1, -0.05) is 6.42 Å². The van der Waals surface area contributed by atoms with Gasteiger partial charge in [0.2, 0.25) is 0 Å². The van der Waals surface area contributed by atoms with Gasteiger partial charge in [0, 0.05) is 26.2 Å². The Kier molecular flexibility index (Phi) is 3.28. The van der Waals surface area contributed by atoms with Crippen molar-refractivity contribution in [3.63, 3.8) is 0 Å². The molecule has 16 heavy (non-hydrogen) atoms. The number of carboxylic acid groups (broad SMARTS) is 1. The highest BCUT2D eigenvalue weighted by atomic mass is 16.4. The zero-order chi connectivity index (χ0) is 11.5. The van der Waals surface area contributed by atoms with E-state index in [9.17, 15) is 9.59 Å². The maximum atomic E-state index is 11.6. The Bertz CT molecular complexity index is 283. The van der Waals surface area contributed by atoms with Gasteiger partial charge < -0.3 is 10.0 Å². The van der Waals surface area contributed by atoms with Gasteiger partial charge in [0.1, 0.15) is 0 Å². The highest BCUT2D eigenvalue weighted by Gasteiger charge is 2.36. The maximum Gasteiger partial charge on any atom is 0.331 e. The highest BCUT2D eigenvalue weighted by Crippen LogP contribution is 2.15. The molecule has 2 fully saturated rings. The van der Waals surface area contributed by atoms with E-state index in [1.54, 1.807) is 0 Å². The SMILES string of the molecule is O=C(O)C1CN(C(=O)NN2CCCCC2)C1. The number of carbonyl (C=O) groups is 2. The number of carbonyl (C=O) groups excluding carboxylic acids is 1. The smallest absolute Gasteiger partial charge is 0.331 e. The summed E-state index contributed by atoms with van der Waals surface area (Å²) >= 11 is 0. The Morgan fingerprint density at radius 1 is 1.12 bits per heavy atom. The van der Waals surface area contributed by atoms with Crippen LogP contribution in [0.4, 0.5) is 4.79 Å². The summed E-state index contributed by atoms with van der Waals surface area (Å²) in [6.07, 6.45) is 3.44. The third-order valence-electron chi connectivity index (χ3n) is 3.13. The molecule has 2 heterocycles. The molecule has 6 nitrogen and oxygen atoms in total. The fourth-order valence-electron chi connectivity index (χ4n) is 2.01. The van der Waals surface area contributed by atoms with Crippen molar-refractivity contribution < 1.29 is 14.7 Å². The number of hydrogen-bond acceptors (Lipinski definition) is 3. The summed E-state index contributed by atoms with van der Waals surface area (Å²) < 4.78 is 0. The first kappa shape index (κ1) is 11.2. The fourth-order valence-corrected chi connectivity index (χ4v) is 2.01. The van der Waals surface area contributed by atoms with Gasteiger partial charge in [-0.3, -0.25) is 10.2 Å². The monoisotopic (exact) mass is 227 g/mol. The predicted octanol–water partition coefficient (Wildman–Crippen LogP) is 0.113. The van der Waals surface area contributed by atoms with E-state index >= 15 is 0 Å². The number of hydrogen-bond donors (Lipinski definition) is 2. The lowest BCUT2D eigenvalue weighted by Gasteiger charge is -2.38. The van der Waals surface area contributed by atoms with E-state index in [1.807, 2.05) is 5.01 Å². The molecule has 0 atom stereocenters. The second-order valence-corrected chi connectivity index (χ2v) is 4.40. The maximum absolute atomic E-state index is 11.6. The Balaban J connectivity index is 1.71. The van der Waals surface area contributed by atoms with E-state index in [0.717, 1.165) is 25.9 Å². The molecule has 2 N–H and O–H groups in total. The van der Waals surface area contributed by atoms with Crippen molar-refractivity contribution in [1.29, 1.82) is 0 Å². The molecule has 2 saturated heterocycles. The van der Waals surface area contributed by atoms with E-state index in [-0.39, 0.29) is 11.9 Å². The molecule has 2 aliphatic rings. The first-order valence-corrected chi connectivity index (χ1v) is 5.70. The third kappa shape index (κ3) is 2.44. The molecule has 0 unspecified atom stereocenters. The van der Waals surface area contributed by atoms with E-state index in [0.29, 0.717) is 13.1 Å². The lowest BCUT2D eigenvalue weighted by Crippen LogP contribution is -2.59. The van der Waals surface area contributed by atoms with Crippen molar-refractivity contribution >= 4 is 12.0 Å². The molecule has 2 rings (SSSR count). The molecular weight excluding hydrogens is 210 g/mol. The largest absolute Gasteiger partial charge is 0.481 e. The molecule has 0 aliphatic carbocycles. The van der Waals surface area contributed by atoms with Crippen molar-refractivity contribution in [2.24, 2.45) is 5.92 Å². The van der Waals surface area contributed by atoms with Gasteiger partial charge in [-0.05, 0) is 12.8 Å². The van der Waals surface area contributed by atoms with Gasteiger partial charge >= 0.3 is 12.0 Å². The summed E-state index contributed by atoms with van der Waals surface area (Å²) in [4.78, 5) is 23.7. The minimum absolute atomic E-state index is 0.167. The van der Waals surface area contributed by atoms with Crippen LogP contribution in [0.3, 0.4) is 0 Å². The first-order valence-electron chi connectivity index (χ1n) is 5.70. The van der Waals surface area contributed by atoms with Gasteiger partial charge in [0.25, 0.3) is 0 Å². The van der Waals surface area contributed by atoms with Crippen LogP contribution in [-0.2, 0) is 4.79 Å². The summed E-state index contributed by atoms with van der Waals surface area (Å²) in [6, 6.07) is -0.167. The average molecular weight is 227 g/mol. The third-order valence-corrected chi connectivity index (χ3v) is 3.13. The van der Waals surface area contributed by atoms with Crippen molar-refractivity contribution in [2.45, 2.75) is 19.3 Å². The van der Waals surface area contributed by atoms with Crippen molar-refractivity contribution in [3.8, 4) is 0 Å². The summed E-state index contributed by atoms with van der Waals surface area (Å²) in [6.45, 7) is 2.44. The topological polar surface area (TPSA) is 72.9 Å². The normalized spacial score (nSPS) is 22.6. The van der Waals surface area contributed by atoms with Crippen molar-refractivity contribution in [1.82, 2.24) is 15.3 Å². The molecule has 0 bridgehead atoms. The van der Waals surface area contributed by atoms with Crippen molar-refractivity contribution in [2.75, 3.05) is 26.2 Å². The van der Waals surface area contributed by atoms with Crippen LogP contribution in [0.5, 0.6) is 0 Å². The molecule has 6 heteroatoms. The van der Waals surface area contributed by atoms with Gasteiger partial charge in [0.05, 0.1) is 5.92 Å². The number of hydrazine groups is 1. The molecule has 0 spiro atoms. The molecule has 2 aliphatic heterocycles. The van der Waals surface area contributed by atoms with Crippen LogP contribution in [-0.4, -0.2) is 53.2 Å². The number of likely N-dealkylation sites (tertiary alicyclic amines) is 1. The summed E-state index contributed by atoms with van der Waals surface area (Å²) in [5.41, 5.74) is 2.81. The fraction of sp³-hybridized carbons (Fsp3) is 0.800. The van der Waals surface area contributed by atoms with E-state index < -0.39 is 5.97 Å². The predicted molar refractivity (Wildman–Crippen MR) is 56.7 cm³/mol. The summed E-state index contributed by atoms with van der Waals surface area (Å²) in [7, 11) is 0. The molecule has 2 amide bonds. The molecule has 0 aromatic heterocycles. The van der Waals surface area contributed by atoms with Crippen LogP contribution in [0.25, 0.3) is 0 Å². The lowest BCUT2D eigenvalue weighted by atomic mass is 10.0. The number of nitrogens with zero attached hydrogens (tertiary/aromatic N) is 2. The van der Waals surface area contributed by atoms with E-state index in [4.69, 9.17) is 5.11 Å². The van der Waals surface area contributed by atoms with Gasteiger partial charge in [0.15, 0.2) is 0 Å². The quantitative estimate of drug-likeness (QED) is 0.702. The highest BCUT2D eigenvalue weighted by molar-refractivity contribution is 5.79. The Morgan fingerprint density at radius 3 is 2.31 bits per heavy atom. The lowest BCUT2D eigenvalue weighted by molar-refractivity contribution is -0.146. The number of piperidine rings is 1.